The minimum Gasteiger partial charge on any atom is -0.370 e. The zero-order valence-corrected chi connectivity index (χ0v) is 13.1. The predicted molar refractivity (Wildman–Crippen MR) is 85.3 cm³/mol. The lowest BCUT2D eigenvalue weighted by Gasteiger charge is -2.26. The molecule has 112 valence electrons. The van der Waals surface area contributed by atoms with Crippen molar-refractivity contribution in [2.75, 3.05) is 17.2 Å². The second kappa shape index (κ2) is 6.91. The van der Waals surface area contributed by atoms with E-state index in [0.717, 1.165) is 43.3 Å². The molecule has 1 aliphatic rings. The fourth-order valence-electron chi connectivity index (χ4n) is 2.83. The Labute approximate surface area is 122 Å². The van der Waals surface area contributed by atoms with E-state index in [4.69, 9.17) is 0 Å². The lowest BCUT2D eigenvalue weighted by molar-refractivity contribution is 0.530. The Morgan fingerprint density at radius 1 is 1.10 bits per heavy atom. The second-order valence-electron chi connectivity index (χ2n) is 6.12. The Morgan fingerprint density at radius 2 is 1.80 bits per heavy atom. The average molecular weight is 276 g/mol. The molecule has 0 aromatic carbocycles. The van der Waals surface area contributed by atoms with Gasteiger partial charge in [0.2, 0.25) is 0 Å². The highest BCUT2D eigenvalue weighted by Gasteiger charge is 2.28. The van der Waals surface area contributed by atoms with Crippen LogP contribution in [0.3, 0.4) is 0 Å². The van der Waals surface area contributed by atoms with E-state index in [9.17, 15) is 0 Å². The van der Waals surface area contributed by atoms with Crippen LogP contribution in [-0.4, -0.2) is 22.1 Å². The molecule has 0 atom stereocenters. The summed E-state index contributed by atoms with van der Waals surface area (Å²) in [7, 11) is 0. The third kappa shape index (κ3) is 4.09. The van der Waals surface area contributed by atoms with Gasteiger partial charge in [0.25, 0.3) is 0 Å². The molecule has 0 spiro atoms. The van der Waals surface area contributed by atoms with E-state index >= 15 is 0 Å². The van der Waals surface area contributed by atoms with Crippen LogP contribution in [0.1, 0.15) is 65.1 Å². The summed E-state index contributed by atoms with van der Waals surface area (Å²) in [6.45, 7) is 7.60. The molecule has 0 bridgehead atoms. The largest absolute Gasteiger partial charge is 0.370 e. The number of rotatable bonds is 7. The van der Waals surface area contributed by atoms with Crippen LogP contribution in [0.2, 0.25) is 0 Å². The molecule has 0 radical (unpaired) electrons. The first-order valence-corrected chi connectivity index (χ1v) is 8.05. The molecule has 2 N–H and O–H groups in total. The standard InChI is InChI=1S/C16H28N4/c1-4-8-13-18-14(17-11-5-2)12-15(19-13)20-16(3)9-6-7-10-16/h12H,4-11H2,1-3H3,(H2,17,18,19,20). The van der Waals surface area contributed by atoms with Crippen molar-refractivity contribution in [2.24, 2.45) is 0 Å². The maximum absolute atomic E-state index is 4.68. The molecular formula is C16H28N4. The van der Waals surface area contributed by atoms with Crippen LogP contribution in [0, 0.1) is 0 Å². The summed E-state index contributed by atoms with van der Waals surface area (Å²) < 4.78 is 0. The quantitative estimate of drug-likeness (QED) is 0.790. The van der Waals surface area contributed by atoms with E-state index in [1.807, 2.05) is 0 Å². The molecular weight excluding hydrogens is 248 g/mol. The minimum atomic E-state index is 0.208. The summed E-state index contributed by atoms with van der Waals surface area (Å²) >= 11 is 0. The molecule has 4 nitrogen and oxygen atoms in total. The van der Waals surface area contributed by atoms with E-state index in [1.165, 1.54) is 25.7 Å². The Morgan fingerprint density at radius 3 is 2.45 bits per heavy atom. The van der Waals surface area contributed by atoms with Gasteiger partial charge in [-0.05, 0) is 32.6 Å². The summed E-state index contributed by atoms with van der Waals surface area (Å²) in [6.07, 6.45) is 8.22. The number of aryl methyl sites for hydroxylation is 1. The van der Waals surface area contributed by atoms with Crippen LogP contribution >= 0.6 is 0 Å². The van der Waals surface area contributed by atoms with E-state index in [-0.39, 0.29) is 5.54 Å². The summed E-state index contributed by atoms with van der Waals surface area (Å²) in [5.41, 5.74) is 0.208. The van der Waals surface area contributed by atoms with Crippen molar-refractivity contribution in [1.82, 2.24) is 9.97 Å². The van der Waals surface area contributed by atoms with Gasteiger partial charge < -0.3 is 10.6 Å². The maximum Gasteiger partial charge on any atom is 0.133 e. The third-order valence-corrected chi connectivity index (χ3v) is 3.94. The SMILES string of the molecule is CCCNc1cc(NC2(C)CCCC2)nc(CCC)n1. The zero-order chi connectivity index (χ0) is 14.4. The van der Waals surface area contributed by atoms with Crippen molar-refractivity contribution in [3.63, 3.8) is 0 Å². The topological polar surface area (TPSA) is 49.8 Å². The fourth-order valence-corrected chi connectivity index (χ4v) is 2.83. The lowest BCUT2D eigenvalue weighted by Crippen LogP contribution is -2.31. The highest BCUT2D eigenvalue weighted by atomic mass is 15.1. The van der Waals surface area contributed by atoms with Crippen molar-refractivity contribution in [3.8, 4) is 0 Å². The molecule has 1 fully saturated rings. The van der Waals surface area contributed by atoms with Gasteiger partial charge >= 0.3 is 0 Å². The Bertz CT molecular complexity index is 424. The summed E-state index contributed by atoms with van der Waals surface area (Å²) in [6, 6.07) is 2.05. The van der Waals surface area contributed by atoms with Crippen LogP contribution < -0.4 is 10.6 Å². The first-order chi connectivity index (χ1) is 9.65. The van der Waals surface area contributed by atoms with Gasteiger partial charge in [-0.1, -0.05) is 26.7 Å². The maximum atomic E-state index is 4.68. The van der Waals surface area contributed by atoms with Gasteiger partial charge in [-0.2, -0.15) is 0 Å². The van der Waals surface area contributed by atoms with Crippen molar-refractivity contribution in [1.29, 1.82) is 0 Å². The zero-order valence-electron chi connectivity index (χ0n) is 13.1. The van der Waals surface area contributed by atoms with Gasteiger partial charge in [0, 0.05) is 24.6 Å². The average Bonchev–Trinajstić information content (AvgIpc) is 2.83. The van der Waals surface area contributed by atoms with Gasteiger partial charge in [0.1, 0.15) is 17.5 Å². The predicted octanol–water partition coefficient (Wildman–Crippen LogP) is 4.00. The summed E-state index contributed by atoms with van der Waals surface area (Å²) in [4.78, 5) is 9.27. The van der Waals surface area contributed by atoms with Gasteiger partial charge in [-0.3, -0.25) is 0 Å². The Balaban J connectivity index is 2.14. The minimum absolute atomic E-state index is 0.208. The monoisotopic (exact) mass is 276 g/mol. The Kier molecular flexibility index (Phi) is 5.21. The molecule has 1 heterocycles. The summed E-state index contributed by atoms with van der Waals surface area (Å²) in [5, 5.41) is 7.02. The highest BCUT2D eigenvalue weighted by molar-refractivity contribution is 5.49. The first kappa shape index (κ1) is 15.1. The number of nitrogens with zero attached hydrogens (tertiary/aromatic N) is 2. The van der Waals surface area contributed by atoms with Crippen LogP contribution in [0.5, 0.6) is 0 Å². The van der Waals surface area contributed by atoms with Gasteiger partial charge in [0.05, 0.1) is 0 Å². The number of hydrogen-bond acceptors (Lipinski definition) is 4. The molecule has 1 aliphatic carbocycles. The van der Waals surface area contributed by atoms with Crippen LogP contribution in [0.4, 0.5) is 11.6 Å². The fraction of sp³-hybridized carbons (Fsp3) is 0.750. The molecule has 1 aromatic heterocycles. The van der Waals surface area contributed by atoms with Crippen LogP contribution in [-0.2, 0) is 6.42 Å². The molecule has 4 heteroatoms. The van der Waals surface area contributed by atoms with Crippen molar-refractivity contribution >= 4 is 11.6 Å². The normalized spacial score (nSPS) is 17.1. The second-order valence-corrected chi connectivity index (χ2v) is 6.12. The number of anilines is 2. The lowest BCUT2D eigenvalue weighted by atomic mass is 10.0. The van der Waals surface area contributed by atoms with E-state index in [0.29, 0.717) is 0 Å². The van der Waals surface area contributed by atoms with Gasteiger partial charge in [-0.15, -0.1) is 0 Å². The summed E-state index contributed by atoms with van der Waals surface area (Å²) in [5.74, 6) is 2.87. The van der Waals surface area contributed by atoms with Gasteiger partial charge in [-0.25, -0.2) is 9.97 Å². The third-order valence-electron chi connectivity index (χ3n) is 3.94. The van der Waals surface area contributed by atoms with Crippen molar-refractivity contribution in [3.05, 3.63) is 11.9 Å². The van der Waals surface area contributed by atoms with Crippen molar-refractivity contribution < 1.29 is 0 Å². The van der Waals surface area contributed by atoms with E-state index in [2.05, 4.69) is 47.4 Å². The number of aromatic nitrogens is 2. The van der Waals surface area contributed by atoms with Gasteiger partial charge in [0.15, 0.2) is 0 Å². The van der Waals surface area contributed by atoms with Crippen molar-refractivity contribution in [2.45, 2.75) is 71.3 Å². The van der Waals surface area contributed by atoms with Crippen LogP contribution in [0.15, 0.2) is 6.07 Å². The number of hydrogen-bond donors (Lipinski definition) is 2. The van der Waals surface area contributed by atoms with Crippen LogP contribution in [0.25, 0.3) is 0 Å². The van der Waals surface area contributed by atoms with E-state index in [1.54, 1.807) is 0 Å². The molecule has 20 heavy (non-hydrogen) atoms. The highest BCUT2D eigenvalue weighted by Crippen LogP contribution is 2.32. The molecule has 0 saturated heterocycles. The molecule has 0 amide bonds. The molecule has 1 saturated carbocycles. The number of nitrogens with one attached hydrogen (secondary N) is 2. The molecule has 2 rings (SSSR count). The first-order valence-electron chi connectivity index (χ1n) is 8.05. The molecule has 0 aliphatic heterocycles. The Hall–Kier alpha value is -1.32. The smallest absolute Gasteiger partial charge is 0.133 e. The van der Waals surface area contributed by atoms with E-state index < -0.39 is 0 Å². The molecule has 0 unspecified atom stereocenters. The molecule has 1 aromatic rings.